The van der Waals surface area contributed by atoms with Gasteiger partial charge in [-0.3, -0.25) is 9.59 Å². The van der Waals surface area contributed by atoms with E-state index in [1.807, 2.05) is 26.0 Å². The molecular formula is C23H36O4. The van der Waals surface area contributed by atoms with Crippen LogP contribution in [0.1, 0.15) is 103 Å². The highest BCUT2D eigenvalue weighted by Crippen LogP contribution is 2.36. The van der Waals surface area contributed by atoms with Crippen LogP contribution in [-0.2, 0) is 9.59 Å². The molecule has 0 aliphatic carbocycles. The van der Waals surface area contributed by atoms with E-state index in [-0.39, 0.29) is 17.9 Å². The summed E-state index contributed by atoms with van der Waals surface area (Å²) in [5.41, 5.74) is 0.883. The minimum Gasteiger partial charge on any atom is -0.423 e. The Bertz CT molecular complexity index is 578. The van der Waals surface area contributed by atoms with Crippen molar-refractivity contribution < 1.29 is 19.1 Å². The van der Waals surface area contributed by atoms with Gasteiger partial charge in [0.15, 0.2) is 11.5 Å². The summed E-state index contributed by atoms with van der Waals surface area (Å²) in [6.07, 6.45) is 8.97. The lowest BCUT2D eigenvalue weighted by molar-refractivity contribution is -0.137. The number of esters is 2. The number of hydrogen-bond acceptors (Lipinski definition) is 4. The number of unbranched alkanes of at least 4 members (excludes halogenated alkanes) is 6. The van der Waals surface area contributed by atoms with E-state index in [0.717, 1.165) is 56.9 Å². The van der Waals surface area contributed by atoms with Gasteiger partial charge in [-0.2, -0.15) is 0 Å². The average molecular weight is 377 g/mol. The number of ether oxygens (including phenoxy) is 2. The monoisotopic (exact) mass is 376 g/mol. The van der Waals surface area contributed by atoms with E-state index in [4.69, 9.17) is 9.47 Å². The molecule has 0 bridgehead atoms. The smallest absolute Gasteiger partial charge is 0.311 e. The molecule has 0 saturated carbocycles. The second kappa shape index (κ2) is 13.3. The van der Waals surface area contributed by atoms with Gasteiger partial charge >= 0.3 is 11.9 Å². The zero-order valence-corrected chi connectivity index (χ0v) is 17.5. The van der Waals surface area contributed by atoms with Crippen molar-refractivity contribution in [1.29, 1.82) is 0 Å². The van der Waals surface area contributed by atoms with Crippen LogP contribution in [0.3, 0.4) is 0 Å². The van der Waals surface area contributed by atoms with E-state index in [1.54, 1.807) is 6.07 Å². The third-order valence-electron chi connectivity index (χ3n) is 4.54. The molecule has 0 saturated heterocycles. The Kier molecular flexibility index (Phi) is 11.5. The van der Waals surface area contributed by atoms with Crippen molar-refractivity contribution in [2.24, 2.45) is 0 Å². The van der Waals surface area contributed by atoms with Gasteiger partial charge in [0.25, 0.3) is 0 Å². The summed E-state index contributed by atoms with van der Waals surface area (Å²) in [6, 6.07) is 5.46. The van der Waals surface area contributed by atoms with Crippen molar-refractivity contribution in [1.82, 2.24) is 0 Å². The highest BCUT2D eigenvalue weighted by atomic mass is 16.6. The average Bonchev–Trinajstić information content (AvgIpc) is 2.63. The number of carbonyl (C=O) groups excluding carboxylic acids is 2. The second-order valence-corrected chi connectivity index (χ2v) is 7.40. The largest absolute Gasteiger partial charge is 0.423 e. The molecule has 4 nitrogen and oxygen atoms in total. The number of benzene rings is 1. The van der Waals surface area contributed by atoms with Crippen molar-refractivity contribution in [3.63, 3.8) is 0 Å². The Morgan fingerprint density at radius 2 is 1.37 bits per heavy atom. The Morgan fingerprint density at radius 1 is 0.815 bits per heavy atom. The summed E-state index contributed by atoms with van der Waals surface area (Å²) in [6.45, 7) is 8.34. The van der Waals surface area contributed by atoms with Gasteiger partial charge in [0.1, 0.15) is 0 Å². The molecule has 27 heavy (non-hydrogen) atoms. The van der Waals surface area contributed by atoms with Crippen LogP contribution in [0.2, 0.25) is 0 Å². The summed E-state index contributed by atoms with van der Waals surface area (Å²) in [7, 11) is 0. The van der Waals surface area contributed by atoms with Crippen LogP contribution in [-0.4, -0.2) is 11.9 Å². The second-order valence-electron chi connectivity index (χ2n) is 7.40. The summed E-state index contributed by atoms with van der Waals surface area (Å²) in [5, 5.41) is 0. The Morgan fingerprint density at radius 3 is 1.89 bits per heavy atom. The fourth-order valence-electron chi connectivity index (χ4n) is 2.91. The molecule has 1 aromatic rings. The molecule has 0 aliphatic heterocycles. The van der Waals surface area contributed by atoms with Crippen LogP contribution in [0.4, 0.5) is 0 Å². The van der Waals surface area contributed by atoms with Crippen LogP contribution < -0.4 is 9.47 Å². The lowest BCUT2D eigenvalue weighted by atomic mass is 10.0. The van der Waals surface area contributed by atoms with Gasteiger partial charge in [0.05, 0.1) is 0 Å². The van der Waals surface area contributed by atoms with Crippen molar-refractivity contribution in [2.45, 2.75) is 97.8 Å². The van der Waals surface area contributed by atoms with Crippen LogP contribution in [0.5, 0.6) is 11.5 Å². The van der Waals surface area contributed by atoms with Crippen molar-refractivity contribution in [3.8, 4) is 11.5 Å². The SMILES string of the molecule is CCCCCCC(=O)Oc1cccc(C(C)C)c1OC(=O)CCCCCC. The first-order valence-electron chi connectivity index (χ1n) is 10.5. The normalized spacial score (nSPS) is 10.9. The molecule has 152 valence electrons. The Hall–Kier alpha value is -1.84. The Labute approximate surface area is 164 Å². The van der Waals surface area contributed by atoms with E-state index in [0.29, 0.717) is 24.3 Å². The maximum absolute atomic E-state index is 12.3. The molecule has 0 unspecified atom stereocenters. The van der Waals surface area contributed by atoms with Crippen LogP contribution in [0, 0.1) is 0 Å². The van der Waals surface area contributed by atoms with Crippen LogP contribution >= 0.6 is 0 Å². The predicted octanol–water partition coefficient (Wildman–Crippen LogP) is 6.56. The summed E-state index contributed by atoms with van der Waals surface area (Å²) in [5.74, 6) is 0.376. The summed E-state index contributed by atoms with van der Waals surface area (Å²) in [4.78, 5) is 24.4. The van der Waals surface area contributed by atoms with E-state index in [9.17, 15) is 9.59 Å². The molecule has 0 amide bonds. The molecule has 0 radical (unpaired) electrons. The highest BCUT2D eigenvalue weighted by molar-refractivity contribution is 5.77. The predicted molar refractivity (Wildman–Crippen MR) is 109 cm³/mol. The Balaban J connectivity index is 2.77. The number of rotatable bonds is 13. The standard InChI is InChI=1S/C23H36O4/c1-5-7-9-11-16-21(24)26-20-15-13-14-19(18(3)4)23(20)27-22(25)17-12-10-8-6-2/h13-15,18H,5-12,16-17H2,1-4H3. The minimum atomic E-state index is -0.271. The third-order valence-corrected chi connectivity index (χ3v) is 4.54. The fourth-order valence-corrected chi connectivity index (χ4v) is 2.91. The topological polar surface area (TPSA) is 52.6 Å². The van der Waals surface area contributed by atoms with Gasteiger partial charge in [-0.25, -0.2) is 0 Å². The molecular weight excluding hydrogens is 340 g/mol. The number of para-hydroxylation sites is 1. The molecule has 0 spiro atoms. The van der Waals surface area contributed by atoms with Crippen LogP contribution in [0.15, 0.2) is 18.2 Å². The van der Waals surface area contributed by atoms with Gasteiger partial charge in [0.2, 0.25) is 0 Å². The summed E-state index contributed by atoms with van der Waals surface area (Å²) >= 11 is 0. The molecule has 1 aromatic carbocycles. The van der Waals surface area contributed by atoms with E-state index >= 15 is 0 Å². The van der Waals surface area contributed by atoms with Gasteiger partial charge in [0, 0.05) is 18.4 Å². The van der Waals surface area contributed by atoms with Gasteiger partial charge in [-0.15, -0.1) is 0 Å². The van der Waals surface area contributed by atoms with Gasteiger partial charge < -0.3 is 9.47 Å². The zero-order chi connectivity index (χ0) is 20.1. The van der Waals surface area contributed by atoms with E-state index in [2.05, 4.69) is 13.8 Å². The maximum Gasteiger partial charge on any atom is 0.311 e. The summed E-state index contributed by atoms with van der Waals surface area (Å²) < 4.78 is 11.2. The molecule has 4 heteroatoms. The quantitative estimate of drug-likeness (QED) is 0.222. The first-order valence-corrected chi connectivity index (χ1v) is 10.5. The lowest BCUT2D eigenvalue weighted by Crippen LogP contribution is -2.13. The maximum atomic E-state index is 12.3. The molecule has 1 rings (SSSR count). The molecule has 0 N–H and O–H groups in total. The first-order chi connectivity index (χ1) is 13.0. The third kappa shape index (κ3) is 9.07. The molecule has 0 atom stereocenters. The number of carbonyl (C=O) groups is 2. The molecule has 0 aromatic heterocycles. The molecule has 0 fully saturated rings. The van der Waals surface area contributed by atoms with Crippen LogP contribution in [0.25, 0.3) is 0 Å². The minimum absolute atomic E-state index is 0.163. The van der Waals surface area contributed by atoms with E-state index < -0.39 is 0 Å². The van der Waals surface area contributed by atoms with Crippen molar-refractivity contribution in [3.05, 3.63) is 23.8 Å². The van der Waals surface area contributed by atoms with Gasteiger partial charge in [-0.1, -0.05) is 78.4 Å². The lowest BCUT2D eigenvalue weighted by Gasteiger charge is -2.16. The van der Waals surface area contributed by atoms with Crippen molar-refractivity contribution >= 4 is 11.9 Å². The van der Waals surface area contributed by atoms with Gasteiger partial charge in [-0.05, 0) is 24.8 Å². The van der Waals surface area contributed by atoms with Crippen molar-refractivity contribution in [2.75, 3.05) is 0 Å². The highest BCUT2D eigenvalue weighted by Gasteiger charge is 2.19. The fraction of sp³-hybridized carbons (Fsp3) is 0.652. The molecule has 0 heterocycles. The first kappa shape index (κ1) is 23.2. The zero-order valence-electron chi connectivity index (χ0n) is 17.5. The molecule has 0 aliphatic rings. The number of hydrogen-bond donors (Lipinski definition) is 0. The van der Waals surface area contributed by atoms with E-state index in [1.165, 1.54) is 0 Å².